The molecular weight excluding hydrogens is 558 g/mol. The highest BCUT2D eigenvalue weighted by Gasteiger charge is 2.19. The molecule has 0 fully saturated rings. The summed E-state index contributed by atoms with van der Waals surface area (Å²) in [5.74, 6) is 0.375. The second kappa shape index (κ2) is 10.8. The van der Waals surface area contributed by atoms with Crippen molar-refractivity contribution in [1.82, 2.24) is 19.7 Å². The highest BCUT2D eigenvalue weighted by Crippen LogP contribution is 2.31. The Morgan fingerprint density at radius 1 is 0.868 bits per heavy atom. The highest BCUT2D eigenvalue weighted by molar-refractivity contribution is 9.10. The molecule has 0 spiro atoms. The molecule has 5 rings (SSSR count). The number of rotatable bonds is 5. The van der Waals surface area contributed by atoms with Gasteiger partial charge in [0, 0.05) is 38.7 Å². The molecule has 0 unspecified atom stereocenters. The van der Waals surface area contributed by atoms with Crippen molar-refractivity contribution in [1.29, 1.82) is 0 Å². The number of halogens is 1. The maximum atomic E-state index is 12.7. The van der Waals surface area contributed by atoms with Crippen LogP contribution in [-0.4, -0.2) is 25.4 Å². The molecule has 0 aliphatic rings. The van der Waals surface area contributed by atoms with E-state index in [2.05, 4.69) is 63.2 Å². The average molecular weight is 585 g/mol. The molecule has 0 aliphatic heterocycles. The van der Waals surface area contributed by atoms with E-state index < -0.39 is 0 Å². The standard InChI is InChI=1S/C30H26BrN5OS/c1-19-9-11-22(12-10-19)29(37)33-30(38)32-28-18-27(34-36(28)25-7-5-4-6-8-25)26-17-20(2)35(21(26)3)24-15-13-23(31)14-16-24/h4-18H,1-3H3,(H2,32,33,37,38). The Hall–Kier alpha value is -4.01. The van der Waals surface area contributed by atoms with Crippen LogP contribution in [0.15, 0.2) is 95.5 Å². The molecule has 5 aromatic rings. The van der Waals surface area contributed by atoms with E-state index in [0.717, 1.165) is 44.1 Å². The second-order valence-electron chi connectivity index (χ2n) is 9.03. The molecular formula is C30H26BrN5OS. The monoisotopic (exact) mass is 583 g/mol. The van der Waals surface area contributed by atoms with Gasteiger partial charge in [0.15, 0.2) is 5.11 Å². The van der Waals surface area contributed by atoms with Crippen molar-refractivity contribution in [3.05, 3.63) is 118 Å². The molecule has 38 heavy (non-hydrogen) atoms. The van der Waals surface area contributed by atoms with E-state index in [1.54, 1.807) is 16.8 Å². The van der Waals surface area contributed by atoms with Crippen LogP contribution in [0.2, 0.25) is 0 Å². The summed E-state index contributed by atoms with van der Waals surface area (Å²) in [5, 5.41) is 11.1. The summed E-state index contributed by atoms with van der Waals surface area (Å²) in [6.45, 7) is 6.15. The van der Waals surface area contributed by atoms with Crippen molar-refractivity contribution in [3.8, 4) is 22.6 Å². The lowest BCUT2D eigenvalue weighted by atomic mass is 10.1. The van der Waals surface area contributed by atoms with Crippen molar-refractivity contribution < 1.29 is 4.79 Å². The third kappa shape index (κ3) is 5.32. The lowest BCUT2D eigenvalue weighted by Crippen LogP contribution is -2.34. The number of benzene rings is 3. The summed E-state index contributed by atoms with van der Waals surface area (Å²) < 4.78 is 5.04. The Morgan fingerprint density at radius 2 is 1.55 bits per heavy atom. The zero-order valence-corrected chi connectivity index (χ0v) is 23.6. The van der Waals surface area contributed by atoms with Crippen LogP contribution in [-0.2, 0) is 0 Å². The minimum absolute atomic E-state index is 0.194. The van der Waals surface area contributed by atoms with Gasteiger partial charge >= 0.3 is 0 Å². The maximum Gasteiger partial charge on any atom is 0.257 e. The Kier molecular flexibility index (Phi) is 7.26. The topological polar surface area (TPSA) is 63.9 Å². The molecule has 0 saturated carbocycles. The van der Waals surface area contributed by atoms with Crippen LogP contribution in [0, 0.1) is 20.8 Å². The molecule has 6 nitrogen and oxygen atoms in total. The SMILES string of the molecule is Cc1ccc(C(=O)NC(=S)Nc2cc(-c3cc(C)n(-c4ccc(Br)cc4)c3C)nn2-c2ccccc2)cc1. The van der Waals surface area contributed by atoms with E-state index in [0.29, 0.717) is 11.4 Å². The van der Waals surface area contributed by atoms with Gasteiger partial charge < -0.3 is 9.88 Å². The number of aromatic nitrogens is 3. The fourth-order valence-corrected chi connectivity index (χ4v) is 4.87. The average Bonchev–Trinajstić information content (AvgIpc) is 3.45. The minimum Gasteiger partial charge on any atom is -0.318 e. The number of amides is 1. The van der Waals surface area contributed by atoms with E-state index in [4.69, 9.17) is 17.3 Å². The molecule has 0 saturated heterocycles. The van der Waals surface area contributed by atoms with Gasteiger partial charge in [-0.1, -0.05) is 51.8 Å². The molecule has 0 atom stereocenters. The van der Waals surface area contributed by atoms with Gasteiger partial charge in [-0.15, -0.1) is 0 Å². The number of carbonyl (C=O) groups is 1. The zero-order valence-electron chi connectivity index (χ0n) is 21.2. The first kappa shape index (κ1) is 25.6. The molecule has 2 N–H and O–H groups in total. The summed E-state index contributed by atoms with van der Waals surface area (Å²) in [6.07, 6.45) is 0. The molecule has 8 heteroatoms. The highest BCUT2D eigenvalue weighted by atomic mass is 79.9. The second-order valence-corrected chi connectivity index (χ2v) is 10.4. The van der Waals surface area contributed by atoms with Gasteiger partial charge in [-0.25, -0.2) is 4.68 Å². The van der Waals surface area contributed by atoms with Crippen molar-refractivity contribution in [2.24, 2.45) is 0 Å². The molecule has 0 radical (unpaired) electrons. The van der Waals surface area contributed by atoms with Crippen LogP contribution in [0.25, 0.3) is 22.6 Å². The van der Waals surface area contributed by atoms with E-state index in [1.807, 2.05) is 67.6 Å². The number of carbonyl (C=O) groups excluding carboxylic acids is 1. The quantitative estimate of drug-likeness (QED) is 0.216. The Morgan fingerprint density at radius 3 is 2.24 bits per heavy atom. The number of nitrogens with one attached hydrogen (secondary N) is 2. The largest absolute Gasteiger partial charge is 0.318 e. The predicted molar refractivity (Wildman–Crippen MR) is 160 cm³/mol. The lowest BCUT2D eigenvalue weighted by Gasteiger charge is -2.11. The number of thiocarbonyl (C=S) groups is 1. The molecule has 0 aliphatic carbocycles. The fourth-order valence-electron chi connectivity index (χ4n) is 4.41. The minimum atomic E-state index is -0.272. The Bertz CT molecular complexity index is 1620. The number of aryl methyl sites for hydroxylation is 2. The smallest absolute Gasteiger partial charge is 0.257 e. The Labute approximate surface area is 235 Å². The fraction of sp³-hybridized carbons (Fsp3) is 0.100. The number of nitrogens with zero attached hydrogens (tertiary/aromatic N) is 3. The molecule has 2 heterocycles. The predicted octanol–water partition coefficient (Wildman–Crippen LogP) is 7.14. The summed E-state index contributed by atoms with van der Waals surface area (Å²) in [5.41, 5.74) is 7.55. The number of para-hydroxylation sites is 1. The van der Waals surface area contributed by atoms with Gasteiger partial charge in [-0.05, 0) is 87.6 Å². The van der Waals surface area contributed by atoms with Crippen LogP contribution in [0.5, 0.6) is 0 Å². The number of hydrogen-bond acceptors (Lipinski definition) is 3. The maximum absolute atomic E-state index is 12.7. The summed E-state index contributed by atoms with van der Waals surface area (Å²) in [4.78, 5) is 12.7. The van der Waals surface area contributed by atoms with Crippen LogP contribution in [0.3, 0.4) is 0 Å². The molecule has 190 valence electrons. The molecule has 3 aromatic carbocycles. The first-order chi connectivity index (χ1) is 18.3. The van der Waals surface area contributed by atoms with Crippen molar-refractivity contribution in [2.45, 2.75) is 20.8 Å². The van der Waals surface area contributed by atoms with Crippen LogP contribution in [0.1, 0.15) is 27.3 Å². The molecule has 2 aromatic heterocycles. The lowest BCUT2D eigenvalue weighted by molar-refractivity contribution is 0.0977. The van der Waals surface area contributed by atoms with Crippen molar-refractivity contribution in [3.63, 3.8) is 0 Å². The van der Waals surface area contributed by atoms with Gasteiger partial charge in [-0.3, -0.25) is 10.1 Å². The van der Waals surface area contributed by atoms with E-state index in [1.165, 1.54) is 0 Å². The van der Waals surface area contributed by atoms with Crippen LogP contribution < -0.4 is 10.6 Å². The van der Waals surface area contributed by atoms with Crippen molar-refractivity contribution >= 4 is 45.0 Å². The van der Waals surface area contributed by atoms with Crippen molar-refractivity contribution in [2.75, 3.05) is 5.32 Å². The number of anilines is 1. The zero-order chi connectivity index (χ0) is 26.8. The Balaban J connectivity index is 1.48. The first-order valence-electron chi connectivity index (χ1n) is 12.1. The van der Waals surface area contributed by atoms with E-state index in [-0.39, 0.29) is 11.0 Å². The van der Waals surface area contributed by atoms with Gasteiger partial charge in [0.1, 0.15) is 5.82 Å². The van der Waals surface area contributed by atoms with Crippen LogP contribution >= 0.6 is 28.1 Å². The summed E-state index contributed by atoms with van der Waals surface area (Å²) in [6, 6.07) is 29.5. The van der Waals surface area contributed by atoms with Crippen LogP contribution in [0.4, 0.5) is 5.82 Å². The van der Waals surface area contributed by atoms with Gasteiger partial charge in [0.2, 0.25) is 0 Å². The normalized spacial score (nSPS) is 10.8. The first-order valence-corrected chi connectivity index (χ1v) is 13.3. The molecule has 1 amide bonds. The third-order valence-electron chi connectivity index (χ3n) is 6.28. The third-order valence-corrected chi connectivity index (χ3v) is 7.02. The van der Waals surface area contributed by atoms with Gasteiger partial charge in [0.25, 0.3) is 5.91 Å². The number of hydrogen-bond donors (Lipinski definition) is 2. The van der Waals surface area contributed by atoms with Gasteiger partial charge in [-0.2, -0.15) is 5.10 Å². The van der Waals surface area contributed by atoms with E-state index in [9.17, 15) is 4.79 Å². The van der Waals surface area contributed by atoms with E-state index >= 15 is 0 Å². The van der Waals surface area contributed by atoms with Gasteiger partial charge in [0.05, 0.1) is 11.4 Å². The summed E-state index contributed by atoms with van der Waals surface area (Å²) in [7, 11) is 0. The molecule has 0 bridgehead atoms. The summed E-state index contributed by atoms with van der Waals surface area (Å²) >= 11 is 9.02.